The van der Waals surface area contributed by atoms with Gasteiger partial charge in [-0.15, -0.1) is 0 Å². The molecule has 0 fully saturated rings. The minimum Gasteiger partial charge on any atom is -0.497 e. The fourth-order valence-electron chi connectivity index (χ4n) is 1.93. The van der Waals surface area contributed by atoms with E-state index in [-0.39, 0.29) is 24.4 Å². The van der Waals surface area contributed by atoms with Crippen molar-refractivity contribution in [3.05, 3.63) is 69.8 Å². The smallest absolute Gasteiger partial charge is 0.408 e. The molecule has 128 valence electrons. The average molecular weight is 340 g/mol. The van der Waals surface area contributed by atoms with Crippen molar-refractivity contribution in [2.75, 3.05) is 13.7 Å². The molecule has 7 nitrogen and oxygen atoms in total. The van der Waals surface area contributed by atoms with Gasteiger partial charge in [0.2, 0.25) is 0 Å². The van der Waals surface area contributed by atoms with Gasteiger partial charge in [-0.3, -0.25) is 10.1 Å². The molecule has 2 aromatic rings. The highest BCUT2D eigenvalue weighted by Gasteiger charge is 2.13. The predicted molar refractivity (Wildman–Crippen MR) is 91.2 cm³/mol. The van der Waals surface area contributed by atoms with Crippen molar-refractivity contribution < 1.29 is 19.2 Å². The van der Waals surface area contributed by atoms with Gasteiger partial charge >= 0.3 is 6.09 Å². The third-order valence-corrected chi connectivity index (χ3v) is 3.16. The van der Waals surface area contributed by atoms with Gasteiger partial charge in [0.15, 0.2) is 0 Å². The number of amides is 1. The van der Waals surface area contributed by atoms with Gasteiger partial charge in [-0.2, -0.15) is 0 Å². The van der Waals surface area contributed by atoms with Crippen molar-refractivity contribution in [2.45, 2.75) is 6.61 Å². The van der Waals surface area contributed by atoms with Crippen molar-refractivity contribution in [1.82, 2.24) is 5.32 Å². The number of methoxy groups -OCH3 is 1. The average Bonchev–Trinajstić information content (AvgIpc) is 2.64. The summed E-state index contributed by atoms with van der Waals surface area (Å²) >= 11 is 0. The Morgan fingerprint density at radius 3 is 2.68 bits per heavy atom. The Balaban J connectivity index is 1.88. The zero-order chi connectivity index (χ0) is 18.1. The van der Waals surface area contributed by atoms with Crippen LogP contribution in [0.15, 0.2) is 48.5 Å². The molecule has 0 atom stereocenters. The third-order valence-electron chi connectivity index (χ3n) is 3.16. The van der Waals surface area contributed by atoms with Crippen LogP contribution < -0.4 is 10.1 Å². The SMILES string of the molecule is COc1ccc(C#CCNC(=O)OCc2ccccc2)c([N+](=O)[O-])c1. The second-order valence-corrected chi connectivity index (χ2v) is 4.86. The lowest BCUT2D eigenvalue weighted by atomic mass is 10.2. The van der Waals surface area contributed by atoms with Crippen molar-refractivity contribution in [3.8, 4) is 17.6 Å². The van der Waals surface area contributed by atoms with Crippen LogP contribution in [0.5, 0.6) is 5.75 Å². The summed E-state index contributed by atoms with van der Waals surface area (Å²) in [5, 5.41) is 13.5. The zero-order valence-electron chi connectivity index (χ0n) is 13.5. The van der Waals surface area contributed by atoms with Crippen LogP contribution in [0.4, 0.5) is 10.5 Å². The van der Waals surface area contributed by atoms with E-state index in [1.54, 1.807) is 6.07 Å². The van der Waals surface area contributed by atoms with E-state index in [0.717, 1.165) is 5.56 Å². The molecule has 0 bridgehead atoms. The van der Waals surface area contributed by atoms with Gasteiger partial charge in [0, 0.05) is 0 Å². The summed E-state index contributed by atoms with van der Waals surface area (Å²) in [4.78, 5) is 22.1. The highest BCUT2D eigenvalue weighted by Crippen LogP contribution is 2.23. The Morgan fingerprint density at radius 2 is 2.00 bits per heavy atom. The van der Waals surface area contributed by atoms with Crippen LogP contribution >= 0.6 is 0 Å². The molecule has 0 saturated carbocycles. The Hall–Kier alpha value is -3.53. The van der Waals surface area contributed by atoms with Crippen LogP contribution in [0.3, 0.4) is 0 Å². The quantitative estimate of drug-likeness (QED) is 0.513. The predicted octanol–water partition coefficient (Wildman–Crippen LogP) is 2.88. The van der Waals surface area contributed by atoms with Gasteiger partial charge in [0.1, 0.15) is 17.9 Å². The number of nitro groups is 1. The Bertz CT molecular complexity index is 809. The number of nitro benzene ring substituents is 1. The largest absolute Gasteiger partial charge is 0.497 e. The molecule has 2 aromatic carbocycles. The number of alkyl carbamates (subject to hydrolysis) is 1. The summed E-state index contributed by atoms with van der Waals surface area (Å²) in [5.74, 6) is 5.69. The first-order valence-corrected chi connectivity index (χ1v) is 7.36. The molecule has 7 heteroatoms. The maximum Gasteiger partial charge on any atom is 0.408 e. The van der Waals surface area contributed by atoms with Crippen LogP contribution in [0.25, 0.3) is 0 Å². The fourth-order valence-corrected chi connectivity index (χ4v) is 1.93. The second-order valence-electron chi connectivity index (χ2n) is 4.86. The van der Waals surface area contributed by atoms with Gasteiger partial charge in [-0.1, -0.05) is 42.2 Å². The van der Waals surface area contributed by atoms with Gasteiger partial charge < -0.3 is 14.8 Å². The molecule has 25 heavy (non-hydrogen) atoms. The minimum atomic E-state index is -0.609. The highest BCUT2D eigenvalue weighted by molar-refractivity contribution is 5.67. The summed E-state index contributed by atoms with van der Waals surface area (Å²) in [7, 11) is 1.43. The molecular formula is C18H16N2O5. The number of rotatable bonds is 5. The molecule has 1 N–H and O–H groups in total. The van der Waals surface area contributed by atoms with Crippen molar-refractivity contribution >= 4 is 11.8 Å². The molecule has 0 radical (unpaired) electrons. The number of ether oxygens (including phenoxy) is 2. The highest BCUT2D eigenvalue weighted by atomic mass is 16.6. The molecule has 0 aliphatic heterocycles. The normalized spacial score (nSPS) is 9.48. The Labute approximate surface area is 144 Å². The molecule has 0 spiro atoms. The van der Waals surface area contributed by atoms with Crippen molar-refractivity contribution in [3.63, 3.8) is 0 Å². The van der Waals surface area contributed by atoms with E-state index in [9.17, 15) is 14.9 Å². The van der Waals surface area contributed by atoms with Crippen LogP contribution in [0, 0.1) is 22.0 Å². The number of hydrogen-bond donors (Lipinski definition) is 1. The van der Waals surface area contributed by atoms with Gasteiger partial charge in [-0.05, 0) is 17.7 Å². The first-order valence-electron chi connectivity index (χ1n) is 7.36. The number of benzene rings is 2. The van der Waals surface area contributed by atoms with E-state index < -0.39 is 11.0 Å². The van der Waals surface area contributed by atoms with Gasteiger partial charge in [-0.25, -0.2) is 4.79 Å². The minimum absolute atomic E-state index is 0.0107. The monoisotopic (exact) mass is 340 g/mol. The fraction of sp³-hybridized carbons (Fsp3) is 0.167. The summed E-state index contributed by atoms with van der Waals surface area (Å²) in [5.41, 5.74) is 0.960. The maximum atomic E-state index is 11.6. The number of nitrogens with one attached hydrogen (secondary N) is 1. The lowest BCUT2D eigenvalue weighted by molar-refractivity contribution is -0.385. The number of carbonyl (C=O) groups excluding carboxylic acids is 1. The van der Waals surface area contributed by atoms with E-state index in [1.807, 2.05) is 30.3 Å². The summed E-state index contributed by atoms with van der Waals surface area (Å²) in [6, 6.07) is 13.6. The van der Waals surface area contributed by atoms with Crippen LogP contribution in [0.2, 0.25) is 0 Å². The number of nitrogens with zero attached hydrogens (tertiary/aromatic N) is 1. The van der Waals surface area contributed by atoms with E-state index in [2.05, 4.69) is 17.2 Å². The van der Waals surface area contributed by atoms with Crippen LogP contribution in [-0.2, 0) is 11.3 Å². The van der Waals surface area contributed by atoms with Crippen molar-refractivity contribution in [2.24, 2.45) is 0 Å². The molecule has 0 aliphatic carbocycles. The number of carbonyl (C=O) groups is 1. The lowest BCUT2D eigenvalue weighted by Crippen LogP contribution is -2.24. The molecular weight excluding hydrogens is 324 g/mol. The molecule has 0 aromatic heterocycles. The van der Waals surface area contributed by atoms with E-state index in [1.165, 1.54) is 19.2 Å². The topological polar surface area (TPSA) is 90.7 Å². The summed E-state index contributed by atoms with van der Waals surface area (Å²) < 4.78 is 9.98. The van der Waals surface area contributed by atoms with Gasteiger partial charge in [0.25, 0.3) is 5.69 Å². The molecule has 0 aliphatic rings. The van der Waals surface area contributed by atoms with E-state index in [4.69, 9.17) is 9.47 Å². The van der Waals surface area contributed by atoms with E-state index in [0.29, 0.717) is 5.75 Å². The molecule has 1 amide bonds. The zero-order valence-corrected chi connectivity index (χ0v) is 13.5. The molecule has 0 saturated heterocycles. The van der Waals surface area contributed by atoms with Crippen molar-refractivity contribution in [1.29, 1.82) is 0 Å². The van der Waals surface area contributed by atoms with Gasteiger partial charge in [0.05, 0.1) is 24.6 Å². The summed E-state index contributed by atoms with van der Waals surface area (Å²) in [6.07, 6.45) is -0.609. The summed E-state index contributed by atoms with van der Waals surface area (Å²) in [6.45, 7) is 0.168. The van der Waals surface area contributed by atoms with Crippen LogP contribution in [0.1, 0.15) is 11.1 Å². The van der Waals surface area contributed by atoms with Crippen LogP contribution in [-0.4, -0.2) is 24.7 Å². The third kappa shape index (κ3) is 5.55. The first kappa shape index (κ1) is 17.8. The second kappa shape index (κ2) is 8.93. The Kier molecular flexibility index (Phi) is 6.37. The first-order chi connectivity index (χ1) is 12.1. The lowest BCUT2D eigenvalue weighted by Gasteiger charge is -2.04. The molecule has 0 unspecified atom stereocenters. The number of hydrogen-bond acceptors (Lipinski definition) is 5. The van der Waals surface area contributed by atoms with E-state index >= 15 is 0 Å². The standard InChI is InChI=1S/C18H16N2O5/c1-24-16-10-9-15(17(12-16)20(22)23)8-5-11-19-18(21)25-13-14-6-3-2-4-7-14/h2-4,6-7,9-10,12H,11,13H2,1H3,(H,19,21). The molecule has 0 heterocycles. The maximum absolute atomic E-state index is 11.6. The molecule has 2 rings (SSSR count). The Morgan fingerprint density at radius 1 is 1.24 bits per heavy atom.